The number of benzene rings is 1. The maximum absolute atomic E-state index is 2.18. The third kappa shape index (κ3) is 1.49. The van der Waals surface area contributed by atoms with Crippen LogP contribution in [0, 0.1) is 0 Å². The topological polar surface area (TPSA) is 0 Å². The fourth-order valence-electron chi connectivity index (χ4n) is 2.09. The quantitative estimate of drug-likeness (QED) is 0.595. The predicted molar refractivity (Wildman–Crippen MR) is 69.8 cm³/mol. The average molecular weight is 204 g/mol. The van der Waals surface area contributed by atoms with Gasteiger partial charge in [0.2, 0.25) is 0 Å². The van der Waals surface area contributed by atoms with Gasteiger partial charge in [0.05, 0.1) is 0 Å². The van der Waals surface area contributed by atoms with Crippen LogP contribution in [-0.4, -0.2) is 0 Å². The van der Waals surface area contributed by atoms with E-state index in [4.69, 9.17) is 0 Å². The molecule has 0 nitrogen and oxygen atoms in total. The molecule has 2 aliphatic rings. The van der Waals surface area contributed by atoms with E-state index in [2.05, 4.69) is 72.9 Å². The lowest BCUT2D eigenvalue weighted by Crippen LogP contribution is -1.88. The highest BCUT2D eigenvalue weighted by Gasteiger charge is 2.10. The molecule has 1 aromatic rings. The zero-order valence-corrected chi connectivity index (χ0v) is 8.93. The van der Waals surface area contributed by atoms with Crippen molar-refractivity contribution in [2.24, 2.45) is 0 Å². The summed E-state index contributed by atoms with van der Waals surface area (Å²) in [6.07, 6.45) is 17.0. The second-order valence-corrected chi connectivity index (χ2v) is 3.89. The highest BCUT2D eigenvalue weighted by molar-refractivity contribution is 5.89. The fourth-order valence-corrected chi connectivity index (χ4v) is 2.09. The van der Waals surface area contributed by atoms with Gasteiger partial charge in [-0.1, -0.05) is 72.9 Å². The van der Waals surface area contributed by atoms with E-state index in [9.17, 15) is 0 Å². The second kappa shape index (κ2) is 3.82. The van der Waals surface area contributed by atoms with Gasteiger partial charge in [-0.25, -0.2) is 0 Å². The van der Waals surface area contributed by atoms with Crippen molar-refractivity contribution in [3.63, 3.8) is 0 Å². The van der Waals surface area contributed by atoms with Crippen molar-refractivity contribution in [1.29, 1.82) is 0 Å². The first kappa shape index (κ1) is 9.17. The minimum atomic E-state index is 1.27. The minimum absolute atomic E-state index is 1.27. The van der Waals surface area contributed by atoms with Crippen molar-refractivity contribution >= 4 is 11.6 Å². The second-order valence-electron chi connectivity index (χ2n) is 3.89. The summed E-state index contributed by atoms with van der Waals surface area (Å²) in [6, 6.07) is 8.51. The lowest BCUT2D eigenvalue weighted by Gasteiger charge is -2.09. The van der Waals surface area contributed by atoms with Gasteiger partial charge in [0.25, 0.3) is 0 Å². The van der Waals surface area contributed by atoms with Crippen LogP contribution >= 0.6 is 0 Å². The Bertz CT molecular complexity index is 563. The van der Waals surface area contributed by atoms with Crippen LogP contribution < -0.4 is 0 Å². The van der Waals surface area contributed by atoms with Crippen molar-refractivity contribution in [1.82, 2.24) is 0 Å². The third-order valence-electron chi connectivity index (χ3n) is 2.87. The molecule has 0 unspecified atom stereocenters. The zero-order valence-electron chi connectivity index (χ0n) is 8.93. The van der Waals surface area contributed by atoms with Crippen molar-refractivity contribution in [2.45, 2.75) is 0 Å². The van der Waals surface area contributed by atoms with Crippen LogP contribution in [0.5, 0.6) is 0 Å². The molecule has 0 heterocycles. The number of allylic oxidation sites excluding steroid dienone is 9. The molecule has 0 bridgehead atoms. The molecule has 76 valence electrons. The van der Waals surface area contributed by atoms with Gasteiger partial charge in [-0.3, -0.25) is 0 Å². The average Bonchev–Trinajstić information content (AvgIpc) is 2.62. The summed E-state index contributed by atoms with van der Waals surface area (Å²) >= 11 is 0. The summed E-state index contributed by atoms with van der Waals surface area (Å²) in [5.74, 6) is 0. The molecule has 0 amide bonds. The fraction of sp³-hybridized carbons (Fsp3) is 0. The molecule has 0 aliphatic heterocycles. The van der Waals surface area contributed by atoms with Gasteiger partial charge in [-0.15, -0.1) is 0 Å². The molecular weight excluding hydrogens is 192 g/mol. The van der Waals surface area contributed by atoms with E-state index in [0.29, 0.717) is 0 Å². The molecule has 3 rings (SSSR count). The van der Waals surface area contributed by atoms with Gasteiger partial charge >= 0.3 is 0 Å². The van der Waals surface area contributed by atoms with E-state index in [1.807, 2.05) is 0 Å². The summed E-state index contributed by atoms with van der Waals surface area (Å²) in [4.78, 5) is 0. The summed E-state index contributed by atoms with van der Waals surface area (Å²) in [5, 5.41) is 0. The molecule has 0 saturated heterocycles. The molecular formula is C16H12. The summed E-state index contributed by atoms with van der Waals surface area (Å²) < 4.78 is 0. The van der Waals surface area contributed by atoms with Crippen LogP contribution in [0.3, 0.4) is 0 Å². The Morgan fingerprint density at radius 3 is 2.62 bits per heavy atom. The van der Waals surface area contributed by atoms with Crippen LogP contribution in [0.2, 0.25) is 0 Å². The Morgan fingerprint density at radius 2 is 1.62 bits per heavy atom. The number of rotatable bonds is 0. The van der Waals surface area contributed by atoms with E-state index in [-0.39, 0.29) is 0 Å². The van der Waals surface area contributed by atoms with Gasteiger partial charge in [-0.2, -0.15) is 0 Å². The van der Waals surface area contributed by atoms with Crippen LogP contribution in [0.1, 0.15) is 11.1 Å². The van der Waals surface area contributed by atoms with E-state index >= 15 is 0 Å². The standard InChI is InChI=1S/C16H12/c1-2-7-13-9-6-10-14-8-4-5-12-16(14)15(13)11-3-1/h1-12H. The molecule has 0 atom stereocenters. The largest absolute Gasteiger partial charge is 0.0622 e. The van der Waals surface area contributed by atoms with Crippen LogP contribution in [0.25, 0.3) is 11.6 Å². The first-order valence-electron chi connectivity index (χ1n) is 5.48. The van der Waals surface area contributed by atoms with Gasteiger partial charge in [-0.05, 0) is 22.3 Å². The van der Waals surface area contributed by atoms with E-state index < -0.39 is 0 Å². The van der Waals surface area contributed by atoms with E-state index in [1.165, 1.54) is 22.3 Å². The molecule has 1 aromatic carbocycles. The van der Waals surface area contributed by atoms with Crippen LogP contribution in [-0.2, 0) is 0 Å². The molecule has 0 radical (unpaired) electrons. The zero-order chi connectivity index (χ0) is 10.8. The minimum Gasteiger partial charge on any atom is -0.0622 e. The Morgan fingerprint density at radius 1 is 0.688 bits per heavy atom. The molecule has 0 aromatic heterocycles. The van der Waals surface area contributed by atoms with E-state index in [1.54, 1.807) is 0 Å². The van der Waals surface area contributed by atoms with Crippen molar-refractivity contribution in [3.05, 3.63) is 83.5 Å². The van der Waals surface area contributed by atoms with Crippen LogP contribution in [0.4, 0.5) is 0 Å². The SMILES string of the molecule is C1=CC=C2C(=CC=Cc3ccccc32)C=C1. The first-order chi connectivity index (χ1) is 7.95. The lowest BCUT2D eigenvalue weighted by atomic mass is 9.95. The Labute approximate surface area is 95.6 Å². The molecule has 0 spiro atoms. The lowest BCUT2D eigenvalue weighted by molar-refractivity contribution is 1.56. The monoisotopic (exact) mass is 204 g/mol. The summed E-state index contributed by atoms with van der Waals surface area (Å²) in [6.45, 7) is 0. The highest BCUT2D eigenvalue weighted by atomic mass is 14.1. The van der Waals surface area contributed by atoms with Gasteiger partial charge in [0, 0.05) is 0 Å². The summed E-state index contributed by atoms with van der Waals surface area (Å²) in [5.41, 5.74) is 5.15. The highest BCUT2D eigenvalue weighted by Crippen LogP contribution is 2.31. The third-order valence-corrected chi connectivity index (χ3v) is 2.87. The smallest absolute Gasteiger partial charge is 0.0105 e. The molecule has 0 heteroatoms. The van der Waals surface area contributed by atoms with Gasteiger partial charge in [0.15, 0.2) is 0 Å². The first-order valence-corrected chi connectivity index (χ1v) is 5.48. The number of hydrogen-bond acceptors (Lipinski definition) is 0. The molecule has 16 heavy (non-hydrogen) atoms. The summed E-state index contributed by atoms with van der Waals surface area (Å²) in [7, 11) is 0. The molecule has 0 fully saturated rings. The van der Waals surface area contributed by atoms with Crippen molar-refractivity contribution in [3.8, 4) is 0 Å². The molecule has 0 N–H and O–H groups in total. The molecule has 2 aliphatic carbocycles. The Balaban J connectivity index is 2.27. The predicted octanol–water partition coefficient (Wildman–Crippen LogP) is 4.15. The Hall–Kier alpha value is -2.08. The van der Waals surface area contributed by atoms with Crippen LogP contribution in [0.15, 0.2) is 72.4 Å². The van der Waals surface area contributed by atoms with E-state index in [0.717, 1.165) is 0 Å². The van der Waals surface area contributed by atoms with Gasteiger partial charge < -0.3 is 0 Å². The maximum Gasteiger partial charge on any atom is -0.0105 e. The van der Waals surface area contributed by atoms with Crippen molar-refractivity contribution in [2.75, 3.05) is 0 Å². The maximum atomic E-state index is 2.18. The van der Waals surface area contributed by atoms with Crippen molar-refractivity contribution < 1.29 is 0 Å². The normalized spacial score (nSPS) is 16.8. The number of hydrogen-bond donors (Lipinski definition) is 0. The van der Waals surface area contributed by atoms with Gasteiger partial charge in [0.1, 0.15) is 0 Å². The number of fused-ring (bicyclic) bond motifs is 3. The Kier molecular flexibility index (Phi) is 2.19. The molecule has 0 saturated carbocycles.